The zero-order valence-electron chi connectivity index (χ0n) is 13.4. The Kier molecular flexibility index (Phi) is 4.89. The number of aromatic nitrogens is 1. The van der Waals surface area contributed by atoms with Gasteiger partial charge in [-0.1, -0.05) is 39.7 Å². The van der Waals surface area contributed by atoms with Crippen LogP contribution >= 0.6 is 27.5 Å². The van der Waals surface area contributed by atoms with Gasteiger partial charge in [0.15, 0.2) is 5.79 Å². The Morgan fingerprint density at radius 1 is 1.36 bits per heavy atom. The van der Waals surface area contributed by atoms with Gasteiger partial charge in [0.1, 0.15) is 0 Å². The number of rotatable bonds is 4. The van der Waals surface area contributed by atoms with Crippen molar-refractivity contribution in [2.75, 3.05) is 0 Å². The third-order valence-corrected chi connectivity index (χ3v) is 6.79. The average Bonchev–Trinajstić information content (AvgIpc) is 2.89. The van der Waals surface area contributed by atoms with Crippen molar-refractivity contribution in [2.45, 2.75) is 30.9 Å². The van der Waals surface area contributed by atoms with Gasteiger partial charge in [-0.2, -0.15) is 0 Å². The van der Waals surface area contributed by atoms with Gasteiger partial charge in [0, 0.05) is 21.3 Å². The summed E-state index contributed by atoms with van der Waals surface area (Å²) in [6.45, 7) is 1.20. The van der Waals surface area contributed by atoms with E-state index in [-0.39, 0.29) is 21.5 Å². The minimum atomic E-state index is -3.85. The summed E-state index contributed by atoms with van der Waals surface area (Å²) >= 11 is 9.35. The molecule has 0 radical (unpaired) electrons. The van der Waals surface area contributed by atoms with E-state index in [4.69, 9.17) is 11.6 Å². The minimum Gasteiger partial charge on any atom is -0.362 e. The fraction of sp³-hybridized carbons (Fsp3) is 0.294. The second kappa shape index (κ2) is 6.55. The molecule has 1 heterocycles. The van der Waals surface area contributed by atoms with Crippen LogP contribution in [-0.2, 0) is 21.1 Å². The summed E-state index contributed by atoms with van der Waals surface area (Å²) in [5.41, 5.74) is 0.747. The van der Waals surface area contributed by atoms with Gasteiger partial charge in [-0.05, 0) is 44.0 Å². The molecule has 0 spiro atoms. The lowest BCUT2D eigenvalue weighted by Gasteiger charge is -2.19. The van der Waals surface area contributed by atoms with Crippen LogP contribution in [0.4, 0.5) is 0 Å². The van der Waals surface area contributed by atoms with Gasteiger partial charge in [-0.15, -0.1) is 0 Å². The van der Waals surface area contributed by atoms with Crippen LogP contribution < -0.4 is 0 Å². The van der Waals surface area contributed by atoms with Crippen LogP contribution in [0.15, 0.2) is 41.3 Å². The van der Waals surface area contributed by atoms with E-state index < -0.39 is 15.8 Å². The predicted molar refractivity (Wildman–Crippen MR) is 102 cm³/mol. The number of benzene rings is 1. The molecule has 0 amide bonds. The van der Waals surface area contributed by atoms with Crippen molar-refractivity contribution in [3.05, 3.63) is 57.6 Å². The van der Waals surface area contributed by atoms with Crippen LogP contribution in [0.2, 0.25) is 5.02 Å². The van der Waals surface area contributed by atoms with Crippen molar-refractivity contribution in [1.29, 1.82) is 0 Å². The monoisotopic (exact) mass is 445 g/mol. The highest BCUT2D eigenvalue weighted by Crippen LogP contribution is 2.38. The van der Waals surface area contributed by atoms with Gasteiger partial charge in [-0.25, -0.2) is 12.4 Å². The van der Waals surface area contributed by atoms with Gasteiger partial charge in [0.25, 0.3) is 10.0 Å². The Morgan fingerprint density at radius 3 is 2.64 bits per heavy atom. The molecule has 134 valence electrons. The Bertz CT molecular complexity index is 1000. The smallest absolute Gasteiger partial charge is 0.264 e. The van der Waals surface area contributed by atoms with E-state index in [0.29, 0.717) is 28.8 Å². The number of halogens is 2. The first-order chi connectivity index (χ1) is 11.7. The van der Waals surface area contributed by atoms with Crippen LogP contribution in [-0.4, -0.2) is 22.6 Å². The largest absolute Gasteiger partial charge is 0.362 e. The van der Waals surface area contributed by atoms with Gasteiger partial charge in [-0.3, -0.25) is 0 Å². The molecule has 5 nitrogen and oxygen atoms in total. The first-order valence-corrected chi connectivity index (χ1v) is 10.6. The minimum absolute atomic E-state index is 0.123. The Balaban J connectivity index is 2.43. The molecule has 3 rings (SSSR count). The van der Waals surface area contributed by atoms with E-state index in [1.807, 2.05) is 6.08 Å². The van der Waals surface area contributed by atoms with Crippen molar-refractivity contribution in [2.24, 2.45) is 0 Å². The molecule has 1 aliphatic carbocycles. The van der Waals surface area contributed by atoms with Crippen LogP contribution in [0.5, 0.6) is 0 Å². The number of fused-ring (bicyclic) bond motifs is 1. The topological polar surface area (TPSA) is 79.5 Å². The van der Waals surface area contributed by atoms with Crippen LogP contribution in [0.25, 0.3) is 10.9 Å². The van der Waals surface area contributed by atoms with Crippen molar-refractivity contribution in [3.63, 3.8) is 0 Å². The molecule has 8 heteroatoms. The third-order valence-electron chi connectivity index (χ3n) is 4.13. The lowest BCUT2D eigenvalue weighted by molar-refractivity contribution is -0.151. The summed E-state index contributed by atoms with van der Waals surface area (Å²) in [7, 11) is -3.85. The molecule has 1 aromatic heterocycles. The fourth-order valence-corrected chi connectivity index (χ4v) is 5.72. The molecule has 2 N–H and O–H groups in total. The maximum absolute atomic E-state index is 13.2. The molecule has 1 aliphatic rings. The van der Waals surface area contributed by atoms with Gasteiger partial charge >= 0.3 is 0 Å². The number of aliphatic hydroxyl groups is 2. The lowest BCUT2D eigenvalue weighted by Crippen LogP contribution is -2.23. The van der Waals surface area contributed by atoms with E-state index in [9.17, 15) is 18.6 Å². The molecule has 0 saturated carbocycles. The molecule has 0 atom stereocenters. The van der Waals surface area contributed by atoms with Crippen molar-refractivity contribution in [1.82, 2.24) is 3.97 Å². The number of alkyl halides is 1. The van der Waals surface area contributed by atoms with Gasteiger partial charge in [0.2, 0.25) is 0 Å². The molecule has 0 saturated heterocycles. The van der Waals surface area contributed by atoms with Crippen LogP contribution in [0.1, 0.15) is 31.0 Å². The zero-order valence-corrected chi connectivity index (χ0v) is 16.6. The van der Waals surface area contributed by atoms with Crippen molar-refractivity contribution < 1.29 is 18.6 Å². The Hall–Kier alpha value is -1.12. The predicted octanol–water partition coefficient (Wildman–Crippen LogP) is 3.76. The summed E-state index contributed by atoms with van der Waals surface area (Å²) in [5.74, 6) is -2.21. The highest BCUT2D eigenvalue weighted by atomic mass is 79.9. The summed E-state index contributed by atoms with van der Waals surface area (Å²) in [5, 5.41) is 21.4. The molecule has 2 aromatic rings. The SMILES string of the molecule is CC(O)(O)c1c(CBr)n(S(=O)(=O)C2=CC=CCC2)c2ccc(Cl)cc12. The summed E-state index contributed by atoms with van der Waals surface area (Å²) in [6, 6.07) is 4.71. The number of hydrogen-bond donors (Lipinski definition) is 2. The second-order valence-corrected chi connectivity index (χ2v) is 8.84. The molecule has 25 heavy (non-hydrogen) atoms. The summed E-state index contributed by atoms with van der Waals surface area (Å²) in [6.07, 6.45) is 6.25. The maximum Gasteiger partial charge on any atom is 0.264 e. The van der Waals surface area contributed by atoms with Crippen LogP contribution in [0, 0.1) is 0 Å². The quantitative estimate of drug-likeness (QED) is 0.554. The number of nitrogens with zero attached hydrogens (tertiary/aromatic N) is 1. The first-order valence-electron chi connectivity index (χ1n) is 7.63. The van der Waals surface area contributed by atoms with E-state index in [1.165, 1.54) is 10.9 Å². The molecule has 0 aliphatic heterocycles. The Labute approximate surface area is 159 Å². The van der Waals surface area contributed by atoms with E-state index in [2.05, 4.69) is 15.9 Å². The second-order valence-electron chi connectivity index (χ2n) is 6.01. The maximum atomic E-state index is 13.2. The van der Waals surface area contributed by atoms with Crippen molar-refractivity contribution in [3.8, 4) is 0 Å². The normalized spacial score (nSPS) is 15.6. The third kappa shape index (κ3) is 3.19. The standard InChI is InChI=1S/C17H17BrClNO4S/c1-17(21,22)16-13-9-11(19)7-8-14(13)20(15(16)10-18)25(23,24)12-5-3-2-4-6-12/h2-3,5,7-9,21-22H,4,6,10H2,1H3. The van der Waals surface area contributed by atoms with Gasteiger partial charge in [0.05, 0.1) is 16.1 Å². The van der Waals surface area contributed by atoms with Gasteiger partial charge < -0.3 is 10.2 Å². The zero-order chi connectivity index (χ0) is 18.4. The van der Waals surface area contributed by atoms with E-state index >= 15 is 0 Å². The molecular formula is C17H17BrClNO4S. The highest BCUT2D eigenvalue weighted by Gasteiger charge is 2.34. The number of allylic oxidation sites excluding steroid dienone is 4. The fourth-order valence-electron chi connectivity index (χ4n) is 3.12. The van der Waals surface area contributed by atoms with Crippen molar-refractivity contribution >= 4 is 48.5 Å². The molecular weight excluding hydrogens is 430 g/mol. The van der Waals surface area contributed by atoms with Crippen LogP contribution in [0.3, 0.4) is 0 Å². The molecule has 1 aromatic carbocycles. The summed E-state index contributed by atoms with van der Waals surface area (Å²) < 4.78 is 27.7. The lowest BCUT2D eigenvalue weighted by atomic mass is 10.0. The highest BCUT2D eigenvalue weighted by molar-refractivity contribution is 9.08. The first kappa shape index (κ1) is 18.7. The molecule has 0 unspecified atom stereocenters. The Morgan fingerprint density at radius 2 is 2.08 bits per heavy atom. The summed E-state index contributed by atoms with van der Waals surface area (Å²) in [4.78, 5) is 0.285. The average molecular weight is 447 g/mol. The number of hydrogen-bond acceptors (Lipinski definition) is 4. The molecule has 0 fully saturated rings. The van der Waals surface area contributed by atoms with E-state index in [1.54, 1.807) is 30.4 Å². The molecule has 0 bridgehead atoms. The van der Waals surface area contributed by atoms with E-state index in [0.717, 1.165) is 0 Å².